The van der Waals surface area contributed by atoms with Crippen LogP contribution in [0.25, 0.3) is 0 Å². The number of amides is 1. The minimum atomic E-state index is -0.687. The zero-order chi connectivity index (χ0) is 17.7. The van der Waals surface area contributed by atoms with E-state index in [1.807, 2.05) is 19.1 Å². The SMILES string of the molecule is C/C(=N\NC(=O)C(C)Oc1ccc(Cl)cc1C)c1ccc(N)cc1. The van der Waals surface area contributed by atoms with Crippen molar-refractivity contribution >= 4 is 28.9 Å². The van der Waals surface area contributed by atoms with E-state index in [2.05, 4.69) is 10.5 Å². The second kappa shape index (κ2) is 7.84. The molecule has 0 aliphatic heterocycles. The molecule has 2 aromatic rings. The molecular weight excluding hydrogens is 326 g/mol. The number of hydrogen-bond acceptors (Lipinski definition) is 4. The Labute approximate surface area is 146 Å². The molecule has 0 aliphatic rings. The normalized spacial score (nSPS) is 12.6. The molecule has 1 atom stereocenters. The van der Waals surface area contributed by atoms with E-state index in [-0.39, 0.29) is 5.91 Å². The number of hydrazone groups is 1. The second-order valence-corrected chi connectivity index (χ2v) is 5.90. The van der Waals surface area contributed by atoms with Gasteiger partial charge in [-0.25, -0.2) is 5.43 Å². The minimum Gasteiger partial charge on any atom is -0.481 e. The maximum absolute atomic E-state index is 12.1. The predicted molar refractivity (Wildman–Crippen MR) is 97.5 cm³/mol. The Kier molecular flexibility index (Phi) is 5.82. The molecule has 6 heteroatoms. The fourth-order valence-corrected chi connectivity index (χ4v) is 2.23. The zero-order valence-corrected chi connectivity index (χ0v) is 14.6. The van der Waals surface area contributed by atoms with Crippen LogP contribution in [-0.4, -0.2) is 17.7 Å². The molecule has 0 bridgehead atoms. The molecule has 0 aromatic heterocycles. The van der Waals surface area contributed by atoms with Crippen LogP contribution >= 0.6 is 11.6 Å². The number of nitrogen functional groups attached to an aromatic ring is 1. The molecule has 0 saturated heterocycles. The fourth-order valence-electron chi connectivity index (χ4n) is 2.01. The molecule has 126 valence electrons. The Morgan fingerprint density at radius 1 is 1.25 bits per heavy atom. The standard InChI is InChI=1S/C18H20ClN3O2/c1-11-10-15(19)6-9-17(11)24-13(3)18(23)22-21-12(2)14-4-7-16(20)8-5-14/h4-10,13H,20H2,1-3H3,(H,22,23)/b21-12+. The van der Waals surface area contributed by atoms with Gasteiger partial charge in [0.1, 0.15) is 5.75 Å². The van der Waals surface area contributed by atoms with Crippen LogP contribution in [0.3, 0.4) is 0 Å². The van der Waals surface area contributed by atoms with Crippen molar-refractivity contribution in [2.75, 3.05) is 5.73 Å². The van der Waals surface area contributed by atoms with E-state index in [1.54, 1.807) is 44.2 Å². The smallest absolute Gasteiger partial charge is 0.280 e. The molecule has 0 fully saturated rings. The molecule has 0 radical (unpaired) electrons. The third-order valence-electron chi connectivity index (χ3n) is 3.47. The Bertz CT molecular complexity index is 757. The van der Waals surface area contributed by atoms with Crippen molar-refractivity contribution < 1.29 is 9.53 Å². The first-order valence-corrected chi connectivity index (χ1v) is 7.87. The van der Waals surface area contributed by atoms with Crippen molar-refractivity contribution in [3.05, 3.63) is 58.6 Å². The fraction of sp³-hybridized carbons (Fsp3) is 0.222. The first kappa shape index (κ1) is 17.8. The first-order chi connectivity index (χ1) is 11.4. The molecule has 1 unspecified atom stereocenters. The largest absolute Gasteiger partial charge is 0.481 e. The van der Waals surface area contributed by atoms with E-state index < -0.39 is 6.10 Å². The number of halogens is 1. The van der Waals surface area contributed by atoms with Gasteiger partial charge in [0.2, 0.25) is 0 Å². The number of aryl methyl sites for hydroxylation is 1. The van der Waals surface area contributed by atoms with Crippen LogP contribution in [0.1, 0.15) is 25.0 Å². The van der Waals surface area contributed by atoms with Gasteiger partial charge in [0.25, 0.3) is 5.91 Å². The van der Waals surface area contributed by atoms with Crippen LogP contribution in [0.4, 0.5) is 5.69 Å². The van der Waals surface area contributed by atoms with Crippen molar-refractivity contribution in [2.24, 2.45) is 5.10 Å². The van der Waals surface area contributed by atoms with Gasteiger partial charge in [-0.15, -0.1) is 0 Å². The summed E-state index contributed by atoms with van der Waals surface area (Å²) in [7, 11) is 0. The zero-order valence-electron chi connectivity index (χ0n) is 13.8. The summed E-state index contributed by atoms with van der Waals surface area (Å²) in [5.41, 5.74) is 11.3. The van der Waals surface area contributed by atoms with E-state index >= 15 is 0 Å². The number of nitrogens with zero attached hydrogens (tertiary/aromatic N) is 1. The van der Waals surface area contributed by atoms with Crippen molar-refractivity contribution in [3.63, 3.8) is 0 Å². The van der Waals surface area contributed by atoms with E-state index in [9.17, 15) is 4.79 Å². The number of anilines is 1. The third kappa shape index (κ3) is 4.73. The first-order valence-electron chi connectivity index (χ1n) is 7.49. The average Bonchev–Trinajstić information content (AvgIpc) is 2.55. The average molecular weight is 346 g/mol. The van der Waals surface area contributed by atoms with Crippen LogP contribution in [0.5, 0.6) is 5.75 Å². The molecule has 5 nitrogen and oxygen atoms in total. The highest BCUT2D eigenvalue weighted by Gasteiger charge is 2.15. The summed E-state index contributed by atoms with van der Waals surface area (Å²) >= 11 is 5.91. The molecule has 0 aliphatic carbocycles. The van der Waals surface area contributed by atoms with Gasteiger partial charge in [-0.2, -0.15) is 5.10 Å². The maximum atomic E-state index is 12.1. The Hall–Kier alpha value is -2.53. The lowest BCUT2D eigenvalue weighted by atomic mass is 10.1. The molecule has 24 heavy (non-hydrogen) atoms. The lowest BCUT2D eigenvalue weighted by Gasteiger charge is -2.15. The van der Waals surface area contributed by atoms with E-state index in [4.69, 9.17) is 22.1 Å². The van der Waals surface area contributed by atoms with Crippen molar-refractivity contribution in [2.45, 2.75) is 26.9 Å². The van der Waals surface area contributed by atoms with Crippen LogP contribution in [0, 0.1) is 6.92 Å². The van der Waals surface area contributed by atoms with Crippen LogP contribution in [0.15, 0.2) is 47.6 Å². The van der Waals surface area contributed by atoms with Gasteiger partial charge < -0.3 is 10.5 Å². The molecule has 0 saturated carbocycles. The summed E-state index contributed by atoms with van der Waals surface area (Å²) in [6.07, 6.45) is -0.687. The summed E-state index contributed by atoms with van der Waals surface area (Å²) in [6.45, 7) is 5.34. The Morgan fingerprint density at radius 2 is 1.92 bits per heavy atom. The van der Waals surface area contributed by atoms with Gasteiger partial charge in [0.15, 0.2) is 6.10 Å². The highest BCUT2D eigenvalue weighted by atomic mass is 35.5. The van der Waals surface area contributed by atoms with Gasteiger partial charge in [-0.1, -0.05) is 23.7 Å². The molecule has 0 heterocycles. The highest BCUT2D eigenvalue weighted by molar-refractivity contribution is 6.30. The number of benzene rings is 2. The number of hydrogen-bond donors (Lipinski definition) is 2. The van der Waals surface area contributed by atoms with Crippen molar-refractivity contribution in [1.29, 1.82) is 0 Å². The van der Waals surface area contributed by atoms with Gasteiger partial charge in [0.05, 0.1) is 5.71 Å². The monoisotopic (exact) mass is 345 g/mol. The van der Waals surface area contributed by atoms with Gasteiger partial charge in [-0.05, 0) is 62.2 Å². The molecule has 0 spiro atoms. The predicted octanol–water partition coefficient (Wildman–Crippen LogP) is 3.54. The molecular formula is C18H20ClN3O2. The number of ether oxygens (including phenoxy) is 1. The molecule has 2 aromatic carbocycles. The Balaban J connectivity index is 1.98. The van der Waals surface area contributed by atoms with Gasteiger partial charge in [0, 0.05) is 10.7 Å². The van der Waals surface area contributed by atoms with E-state index in [1.165, 1.54) is 0 Å². The van der Waals surface area contributed by atoms with E-state index in [0.29, 0.717) is 22.2 Å². The Morgan fingerprint density at radius 3 is 2.54 bits per heavy atom. The minimum absolute atomic E-state index is 0.334. The van der Waals surface area contributed by atoms with Crippen LogP contribution in [-0.2, 0) is 4.79 Å². The topological polar surface area (TPSA) is 76.7 Å². The maximum Gasteiger partial charge on any atom is 0.280 e. The van der Waals surface area contributed by atoms with Crippen LogP contribution < -0.4 is 15.9 Å². The van der Waals surface area contributed by atoms with Crippen molar-refractivity contribution in [1.82, 2.24) is 5.43 Å². The third-order valence-corrected chi connectivity index (χ3v) is 3.71. The highest BCUT2D eigenvalue weighted by Crippen LogP contribution is 2.22. The number of nitrogens with two attached hydrogens (primary N) is 1. The molecule has 2 rings (SSSR count). The molecule has 3 N–H and O–H groups in total. The van der Waals surface area contributed by atoms with Gasteiger partial charge in [-0.3, -0.25) is 4.79 Å². The summed E-state index contributed by atoms with van der Waals surface area (Å²) in [4.78, 5) is 12.1. The van der Waals surface area contributed by atoms with Crippen LogP contribution in [0.2, 0.25) is 5.02 Å². The summed E-state index contributed by atoms with van der Waals surface area (Å²) in [6, 6.07) is 12.5. The number of carbonyl (C=O) groups is 1. The van der Waals surface area contributed by atoms with E-state index in [0.717, 1.165) is 11.1 Å². The number of nitrogens with one attached hydrogen (secondary N) is 1. The summed E-state index contributed by atoms with van der Waals surface area (Å²) in [5.74, 6) is 0.278. The quantitative estimate of drug-likeness (QED) is 0.494. The molecule has 1 amide bonds. The number of rotatable bonds is 5. The van der Waals surface area contributed by atoms with Gasteiger partial charge >= 0.3 is 0 Å². The lowest BCUT2D eigenvalue weighted by Crippen LogP contribution is -2.34. The number of carbonyl (C=O) groups excluding carboxylic acids is 1. The summed E-state index contributed by atoms with van der Waals surface area (Å²) in [5, 5.41) is 4.72. The lowest BCUT2D eigenvalue weighted by molar-refractivity contribution is -0.127. The van der Waals surface area contributed by atoms with Crippen molar-refractivity contribution in [3.8, 4) is 5.75 Å². The summed E-state index contributed by atoms with van der Waals surface area (Å²) < 4.78 is 5.66. The second-order valence-electron chi connectivity index (χ2n) is 5.47.